The van der Waals surface area contributed by atoms with Crippen LogP contribution in [0.25, 0.3) is 0 Å². The molecular formula is C80H106N14O. The minimum atomic E-state index is 0.267. The molecule has 11 aliphatic rings. The van der Waals surface area contributed by atoms with E-state index in [-0.39, 0.29) is 6.04 Å². The van der Waals surface area contributed by atoms with Gasteiger partial charge in [-0.15, -0.1) is 0 Å². The summed E-state index contributed by atoms with van der Waals surface area (Å²) in [6, 6.07) is 34.7. The van der Waals surface area contributed by atoms with Crippen molar-refractivity contribution in [3.8, 4) is 0 Å². The number of likely N-dealkylation sites (tertiary alicyclic amines) is 2. The lowest BCUT2D eigenvalue weighted by Crippen LogP contribution is -2.45. The van der Waals surface area contributed by atoms with E-state index in [4.69, 9.17) is 19.7 Å². The Labute approximate surface area is 566 Å². The molecule has 0 amide bonds. The molecule has 15 nitrogen and oxygen atoms in total. The number of anilines is 3. The summed E-state index contributed by atoms with van der Waals surface area (Å²) < 4.78 is 5.75. The third-order valence-corrected chi connectivity index (χ3v) is 26.0. The van der Waals surface area contributed by atoms with Crippen molar-refractivity contribution in [3.05, 3.63) is 176 Å². The smallest absolute Gasteiger partial charge is 0.0642 e. The summed E-state index contributed by atoms with van der Waals surface area (Å²) in [5.74, 6) is 2.13. The predicted octanol–water partition coefficient (Wildman–Crippen LogP) is 10.0. The summed E-state index contributed by atoms with van der Waals surface area (Å²) in [6.45, 7) is 16.5. The maximum Gasteiger partial charge on any atom is 0.0642 e. The number of likely N-dealkylation sites (N-methyl/N-ethyl adjacent to an activating group) is 3. The number of nitrogens with zero attached hydrogens (tertiary/aromatic N) is 11. The molecule has 5 saturated heterocycles. The Kier molecular flexibility index (Phi) is 17.7. The van der Waals surface area contributed by atoms with E-state index in [2.05, 4.69) is 182 Å². The Morgan fingerprint density at radius 1 is 0.474 bits per heavy atom. The van der Waals surface area contributed by atoms with E-state index in [0.29, 0.717) is 54.1 Å². The molecule has 5 fully saturated rings. The Hall–Kier alpha value is -5.85. The first-order valence-electron chi connectivity index (χ1n) is 37.4. The van der Waals surface area contributed by atoms with Gasteiger partial charge in [0.15, 0.2) is 0 Å². The molecule has 0 bridgehead atoms. The molecule has 17 rings (SSSR count). The van der Waals surface area contributed by atoms with Crippen LogP contribution in [-0.4, -0.2) is 190 Å². The molecule has 8 aliphatic heterocycles. The van der Waals surface area contributed by atoms with Gasteiger partial charge in [0.25, 0.3) is 0 Å². The standard InChI is InChI=1S/C80H106N14O/c1-87(71-17-6-11-52-13-8-26-81-78(52)71)31-24-61-42-68-58(45-85-61)37-56(39-74(68)93-47-54-22-29-89(3)76(54)50-93)64-19-21-73(80-66(64)15-10-28-83-80)91(5)49-62-43-69-59(46-86-62)38-57(40-75(69)94-48-55-23-30-90(4)77(55)51-94)63-18-20-72(79-65(63)14-9-27-82-79)88(2)32-25-60-41-67-53(44-84-60)12-7-16-70(67)92-33-35-95-36-34-92/h7-10,12-16,26-28,37-40,54-55,60-64,71-73,76-77,84-86H,6,11,17-25,29-36,41-51H2,1-5H3/t54-,55-,60-,61-,62+,63?,64?,71-,72-,73-,76-,77+/m0/s1. The summed E-state index contributed by atoms with van der Waals surface area (Å²) in [5, 5.41) is 12.2. The lowest BCUT2D eigenvalue weighted by Gasteiger charge is -2.40. The van der Waals surface area contributed by atoms with Crippen molar-refractivity contribution in [2.45, 2.75) is 170 Å². The normalized spacial score (nSPS) is 29.7. The SMILES string of the molecule is CN1CC[C@H]2CN(c3cc(C4CC[C@H](N(C)CC[C@H]5Cc6c(cccc6N6CCOCC6)CN5)c5ncccc54)cc4c3C[C@H](CN(C)[C@H]3CCC(c5cc6c(c(N7C[C@@H]8CCN(C)[C@H]8C7)c5)C[C@H](CCN(C)[C@H]5CCCc7cccnc75)NC6)c5cccnc53)NC4)C[C@H]21. The average molecular weight is 1280 g/mol. The van der Waals surface area contributed by atoms with Gasteiger partial charge in [-0.3, -0.25) is 29.7 Å². The minimum Gasteiger partial charge on any atom is -0.378 e. The number of ether oxygens (including phenoxy) is 1. The van der Waals surface area contributed by atoms with Crippen molar-refractivity contribution >= 4 is 17.1 Å². The number of rotatable bonds is 16. The summed E-state index contributed by atoms with van der Waals surface area (Å²) >= 11 is 0. The number of hydrogen-bond acceptors (Lipinski definition) is 15. The van der Waals surface area contributed by atoms with Crippen LogP contribution < -0.4 is 30.7 Å². The zero-order valence-electron chi connectivity index (χ0n) is 57.7. The van der Waals surface area contributed by atoms with Gasteiger partial charge in [-0.25, -0.2) is 0 Å². The maximum atomic E-state index is 5.75. The van der Waals surface area contributed by atoms with Crippen LogP contribution in [0.3, 0.4) is 0 Å². The predicted molar refractivity (Wildman–Crippen MR) is 382 cm³/mol. The van der Waals surface area contributed by atoms with E-state index < -0.39 is 0 Å². The monoisotopic (exact) mass is 1280 g/mol. The van der Waals surface area contributed by atoms with Gasteiger partial charge in [0.2, 0.25) is 0 Å². The van der Waals surface area contributed by atoms with Gasteiger partial charge in [0, 0.05) is 143 Å². The number of morpholine rings is 1. The number of fused-ring (bicyclic) bond motifs is 8. The van der Waals surface area contributed by atoms with Gasteiger partial charge in [-0.2, -0.15) is 0 Å². The van der Waals surface area contributed by atoms with Gasteiger partial charge >= 0.3 is 0 Å². The topological polar surface area (TPSA) is 110 Å². The number of aromatic nitrogens is 3. The van der Waals surface area contributed by atoms with Crippen LogP contribution in [0.15, 0.2) is 97.5 Å². The number of benzene rings is 3. The summed E-state index contributed by atoms with van der Waals surface area (Å²) in [7, 11) is 11.8. The van der Waals surface area contributed by atoms with Crippen LogP contribution in [-0.2, 0) is 50.1 Å². The van der Waals surface area contributed by atoms with Crippen LogP contribution >= 0.6 is 0 Å². The molecule has 95 heavy (non-hydrogen) atoms. The number of nitrogens with one attached hydrogen (secondary N) is 3. The fourth-order valence-electron chi connectivity index (χ4n) is 20.7. The zero-order chi connectivity index (χ0) is 63.8. The summed E-state index contributed by atoms with van der Waals surface area (Å²) in [5.41, 5.74) is 24.8. The first-order valence-corrected chi connectivity index (χ1v) is 37.4. The molecule has 502 valence electrons. The Morgan fingerprint density at radius 3 is 1.57 bits per heavy atom. The van der Waals surface area contributed by atoms with Gasteiger partial charge in [0.1, 0.15) is 0 Å². The fourth-order valence-corrected chi connectivity index (χ4v) is 20.7. The molecular weight excluding hydrogens is 1170 g/mol. The lowest BCUT2D eigenvalue weighted by atomic mass is 9.76. The number of pyridine rings is 3. The van der Waals surface area contributed by atoms with Crippen molar-refractivity contribution < 1.29 is 4.74 Å². The highest BCUT2D eigenvalue weighted by atomic mass is 16.5. The van der Waals surface area contributed by atoms with Gasteiger partial charge in [-0.1, -0.05) is 42.5 Å². The van der Waals surface area contributed by atoms with Crippen LogP contribution in [0.2, 0.25) is 0 Å². The first kappa shape index (κ1) is 62.7. The molecule has 3 N–H and O–H groups in total. The number of aryl methyl sites for hydroxylation is 1. The minimum absolute atomic E-state index is 0.267. The summed E-state index contributed by atoms with van der Waals surface area (Å²) in [6.07, 6.45) is 22.3. The van der Waals surface area contributed by atoms with Crippen molar-refractivity contribution in [1.29, 1.82) is 0 Å². The average Bonchev–Trinajstić information content (AvgIpc) is 1.79. The maximum absolute atomic E-state index is 5.75. The van der Waals surface area contributed by atoms with E-state index in [9.17, 15) is 0 Å². The second-order valence-corrected chi connectivity index (χ2v) is 31.4. The highest BCUT2D eigenvalue weighted by Crippen LogP contribution is 2.49. The third kappa shape index (κ3) is 12.1. The molecule has 0 radical (unpaired) electrons. The van der Waals surface area contributed by atoms with Crippen molar-refractivity contribution in [1.82, 2.24) is 55.4 Å². The molecule has 3 aromatic carbocycles. The van der Waals surface area contributed by atoms with Gasteiger partial charge in [-0.05, 0) is 261 Å². The zero-order valence-corrected chi connectivity index (χ0v) is 57.7. The van der Waals surface area contributed by atoms with Crippen molar-refractivity contribution in [2.24, 2.45) is 11.8 Å². The quantitative estimate of drug-likeness (QED) is 0.0855. The molecule has 11 heterocycles. The molecule has 12 atom stereocenters. The third-order valence-electron chi connectivity index (χ3n) is 26.0. The van der Waals surface area contributed by atoms with E-state index in [1.54, 1.807) is 16.7 Å². The highest BCUT2D eigenvalue weighted by molar-refractivity contribution is 5.65. The first-order chi connectivity index (χ1) is 46.6. The molecule has 15 heteroatoms. The van der Waals surface area contributed by atoms with Gasteiger partial charge < -0.3 is 45.2 Å². The van der Waals surface area contributed by atoms with E-state index >= 15 is 0 Å². The molecule has 6 aromatic rings. The molecule has 3 aromatic heterocycles. The van der Waals surface area contributed by atoms with Crippen LogP contribution in [0.4, 0.5) is 17.1 Å². The van der Waals surface area contributed by atoms with E-state index in [1.165, 1.54) is 124 Å². The molecule has 0 spiro atoms. The Balaban J connectivity index is 0.593. The number of hydrogen-bond donors (Lipinski definition) is 3. The largest absolute Gasteiger partial charge is 0.378 e. The van der Waals surface area contributed by atoms with Crippen LogP contribution in [0.1, 0.15) is 172 Å². The molecule has 2 unspecified atom stereocenters. The van der Waals surface area contributed by atoms with Gasteiger partial charge in [0.05, 0.1) is 48.4 Å². The lowest BCUT2D eigenvalue weighted by molar-refractivity contribution is 0.122. The Bertz CT molecular complexity index is 3740. The second kappa shape index (κ2) is 26.8. The Morgan fingerprint density at radius 2 is 0.979 bits per heavy atom. The van der Waals surface area contributed by atoms with Crippen LogP contribution in [0, 0.1) is 11.8 Å². The van der Waals surface area contributed by atoms with Crippen molar-refractivity contribution in [2.75, 3.05) is 135 Å². The van der Waals surface area contributed by atoms with E-state index in [1.807, 2.05) is 6.20 Å². The van der Waals surface area contributed by atoms with Crippen molar-refractivity contribution in [3.63, 3.8) is 0 Å². The molecule has 0 saturated carbocycles. The fraction of sp³-hybridized carbons (Fsp3) is 0.588. The summed E-state index contributed by atoms with van der Waals surface area (Å²) in [4.78, 5) is 37.0. The molecule has 3 aliphatic carbocycles. The second-order valence-electron chi connectivity index (χ2n) is 31.4. The van der Waals surface area contributed by atoms with E-state index in [0.717, 1.165) is 161 Å². The highest BCUT2D eigenvalue weighted by Gasteiger charge is 2.44. The van der Waals surface area contributed by atoms with Crippen LogP contribution in [0.5, 0.6) is 0 Å².